The summed E-state index contributed by atoms with van der Waals surface area (Å²) in [6, 6.07) is 10.2. The van der Waals surface area contributed by atoms with Gasteiger partial charge in [0.15, 0.2) is 0 Å². The Balaban J connectivity index is 1.80. The van der Waals surface area contributed by atoms with Crippen LogP contribution < -0.4 is 0 Å². The average Bonchev–Trinajstić information content (AvgIpc) is 2.57. The molecule has 1 aliphatic carbocycles. The quantitative estimate of drug-likeness (QED) is 0.823. The summed E-state index contributed by atoms with van der Waals surface area (Å²) in [5, 5.41) is 9.78. The molecule has 1 aromatic rings. The van der Waals surface area contributed by atoms with Gasteiger partial charge in [0.25, 0.3) is 0 Å². The average molecular weight is 206 g/mol. The van der Waals surface area contributed by atoms with Gasteiger partial charge in [-0.05, 0) is 25.3 Å². The first-order valence-corrected chi connectivity index (χ1v) is 5.54. The van der Waals surface area contributed by atoms with Crippen LogP contribution in [0, 0.1) is 0 Å². The molecule has 0 bridgehead atoms. The van der Waals surface area contributed by atoms with Crippen molar-refractivity contribution in [2.24, 2.45) is 0 Å². The minimum atomic E-state index is -0.513. The van der Waals surface area contributed by atoms with Crippen molar-refractivity contribution in [2.45, 2.75) is 44.5 Å². The maximum Gasteiger partial charge on any atom is 0.0720 e. The van der Waals surface area contributed by atoms with Crippen LogP contribution in [0.15, 0.2) is 30.3 Å². The molecule has 1 aromatic carbocycles. The number of rotatable bonds is 3. The molecular weight excluding hydrogens is 188 g/mol. The van der Waals surface area contributed by atoms with E-state index < -0.39 is 5.60 Å². The second kappa shape index (κ2) is 4.33. The van der Waals surface area contributed by atoms with Crippen LogP contribution in [0.25, 0.3) is 0 Å². The molecule has 0 amide bonds. The highest BCUT2D eigenvalue weighted by molar-refractivity contribution is 5.13. The van der Waals surface area contributed by atoms with Gasteiger partial charge in [0.2, 0.25) is 0 Å². The molecule has 15 heavy (non-hydrogen) atoms. The van der Waals surface area contributed by atoms with Crippen LogP contribution in [-0.4, -0.2) is 16.8 Å². The Hall–Kier alpha value is -0.860. The Bertz CT molecular complexity index is 306. The van der Waals surface area contributed by atoms with Gasteiger partial charge in [0, 0.05) is 6.42 Å². The van der Waals surface area contributed by atoms with Gasteiger partial charge in [-0.1, -0.05) is 30.3 Å². The summed E-state index contributed by atoms with van der Waals surface area (Å²) in [5.74, 6) is 0. The molecule has 2 heteroatoms. The number of aliphatic hydroxyl groups is 1. The highest BCUT2D eigenvalue weighted by Crippen LogP contribution is 2.31. The van der Waals surface area contributed by atoms with Crippen molar-refractivity contribution in [1.82, 2.24) is 0 Å². The standard InChI is InChI=1S/C13H18O2/c1-13(14)8-7-12(9-13)15-10-11-5-3-2-4-6-11/h2-6,12,14H,7-10H2,1H3/t12-,13-/m0/s1. The number of benzene rings is 1. The molecule has 2 rings (SSSR count). The van der Waals surface area contributed by atoms with Crippen molar-refractivity contribution in [3.8, 4) is 0 Å². The van der Waals surface area contributed by atoms with Gasteiger partial charge in [0.05, 0.1) is 18.3 Å². The van der Waals surface area contributed by atoms with Crippen LogP contribution in [0.5, 0.6) is 0 Å². The fourth-order valence-corrected chi connectivity index (χ4v) is 2.10. The lowest BCUT2D eigenvalue weighted by Gasteiger charge is -2.16. The first-order chi connectivity index (χ1) is 7.16. The summed E-state index contributed by atoms with van der Waals surface area (Å²) in [6.45, 7) is 2.54. The first kappa shape index (κ1) is 10.7. The van der Waals surface area contributed by atoms with E-state index in [-0.39, 0.29) is 6.10 Å². The molecule has 0 heterocycles. The van der Waals surface area contributed by atoms with Crippen LogP contribution >= 0.6 is 0 Å². The summed E-state index contributed by atoms with van der Waals surface area (Å²) in [7, 11) is 0. The lowest BCUT2D eigenvalue weighted by atomic mass is 10.1. The second-order valence-electron chi connectivity index (χ2n) is 4.66. The van der Waals surface area contributed by atoms with E-state index in [9.17, 15) is 5.11 Å². The van der Waals surface area contributed by atoms with Gasteiger partial charge in [0.1, 0.15) is 0 Å². The lowest BCUT2D eigenvalue weighted by molar-refractivity contribution is 0.0108. The minimum absolute atomic E-state index is 0.222. The van der Waals surface area contributed by atoms with Crippen molar-refractivity contribution in [3.05, 3.63) is 35.9 Å². The minimum Gasteiger partial charge on any atom is -0.390 e. The SMILES string of the molecule is C[C@]1(O)CC[C@H](OCc2ccccc2)C1. The maximum absolute atomic E-state index is 9.78. The number of hydrogen-bond acceptors (Lipinski definition) is 2. The van der Waals surface area contributed by atoms with E-state index in [1.165, 1.54) is 5.56 Å². The summed E-state index contributed by atoms with van der Waals surface area (Å²) in [4.78, 5) is 0. The third-order valence-electron chi connectivity index (χ3n) is 3.00. The lowest BCUT2D eigenvalue weighted by Crippen LogP contribution is -2.20. The third-order valence-corrected chi connectivity index (χ3v) is 3.00. The van der Waals surface area contributed by atoms with Crippen LogP contribution in [-0.2, 0) is 11.3 Å². The molecule has 0 aromatic heterocycles. The fourth-order valence-electron chi connectivity index (χ4n) is 2.10. The van der Waals surface area contributed by atoms with E-state index in [4.69, 9.17) is 4.74 Å². The Labute approximate surface area is 90.9 Å². The van der Waals surface area contributed by atoms with Gasteiger partial charge >= 0.3 is 0 Å². The zero-order valence-electron chi connectivity index (χ0n) is 9.15. The van der Waals surface area contributed by atoms with E-state index in [1.54, 1.807) is 0 Å². The molecule has 82 valence electrons. The van der Waals surface area contributed by atoms with Gasteiger partial charge in [-0.2, -0.15) is 0 Å². The van der Waals surface area contributed by atoms with Crippen molar-refractivity contribution in [1.29, 1.82) is 0 Å². The highest BCUT2D eigenvalue weighted by Gasteiger charge is 2.33. The molecule has 1 saturated carbocycles. The molecule has 0 saturated heterocycles. The Morgan fingerprint density at radius 2 is 2.13 bits per heavy atom. The maximum atomic E-state index is 9.78. The Kier molecular flexibility index (Phi) is 3.08. The number of hydrogen-bond donors (Lipinski definition) is 1. The van der Waals surface area contributed by atoms with Crippen molar-refractivity contribution >= 4 is 0 Å². The van der Waals surface area contributed by atoms with Crippen molar-refractivity contribution in [2.75, 3.05) is 0 Å². The van der Waals surface area contributed by atoms with E-state index in [1.807, 2.05) is 25.1 Å². The predicted octanol–water partition coefficient (Wildman–Crippen LogP) is 2.51. The normalized spacial score (nSPS) is 30.7. The monoisotopic (exact) mass is 206 g/mol. The van der Waals surface area contributed by atoms with Crippen LogP contribution in [0.3, 0.4) is 0 Å². The third kappa shape index (κ3) is 3.05. The fraction of sp³-hybridized carbons (Fsp3) is 0.538. The largest absolute Gasteiger partial charge is 0.390 e. The van der Waals surface area contributed by atoms with Crippen LogP contribution in [0.2, 0.25) is 0 Å². The van der Waals surface area contributed by atoms with Gasteiger partial charge in [-0.25, -0.2) is 0 Å². The van der Waals surface area contributed by atoms with Gasteiger partial charge in [-0.15, -0.1) is 0 Å². The summed E-state index contributed by atoms with van der Waals surface area (Å²) < 4.78 is 5.76. The van der Waals surface area contributed by atoms with E-state index in [2.05, 4.69) is 12.1 Å². The van der Waals surface area contributed by atoms with Gasteiger partial charge in [-0.3, -0.25) is 0 Å². The second-order valence-corrected chi connectivity index (χ2v) is 4.66. The predicted molar refractivity (Wildman–Crippen MR) is 59.5 cm³/mol. The number of ether oxygens (including phenoxy) is 1. The summed E-state index contributed by atoms with van der Waals surface area (Å²) in [5.41, 5.74) is 0.686. The van der Waals surface area contributed by atoms with E-state index in [0.717, 1.165) is 19.3 Å². The molecule has 1 aliphatic rings. The van der Waals surface area contributed by atoms with Crippen molar-refractivity contribution in [3.63, 3.8) is 0 Å². The Morgan fingerprint density at radius 1 is 1.40 bits per heavy atom. The zero-order chi connectivity index (χ0) is 10.7. The molecule has 2 atom stereocenters. The summed E-state index contributed by atoms with van der Waals surface area (Å²) >= 11 is 0. The zero-order valence-corrected chi connectivity index (χ0v) is 9.15. The first-order valence-electron chi connectivity index (χ1n) is 5.54. The smallest absolute Gasteiger partial charge is 0.0720 e. The van der Waals surface area contributed by atoms with E-state index in [0.29, 0.717) is 6.61 Å². The molecule has 1 N–H and O–H groups in total. The van der Waals surface area contributed by atoms with Crippen LogP contribution in [0.1, 0.15) is 31.7 Å². The Morgan fingerprint density at radius 3 is 2.73 bits per heavy atom. The topological polar surface area (TPSA) is 29.5 Å². The van der Waals surface area contributed by atoms with Gasteiger partial charge < -0.3 is 9.84 Å². The molecule has 2 nitrogen and oxygen atoms in total. The van der Waals surface area contributed by atoms with E-state index >= 15 is 0 Å². The molecule has 1 fully saturated rings. The molecule has 0 unspecified atom stereocenters. The summed E-state index contributed by atoms with van der Waals surface area (Å²) in [6.07, 6.45) is 2.81. The van der Waals surface area contributed by atoms with Crippen LogP contribution in [0.4, 0.5) is 0 Å². The molecule has 0 aliphatic heterocycles. The molecule has 0 spiro atoms. The van der Waals surface area contributed by atoms with Crippen molar-refractivity contribution < 1.29 is 9.84 Å². The highest BCUT2D eigenvalue weighted by atomic mass is 16.5. The molecular formula is C13H18O2. The molecule has 0 radical (unpaired) electrons.